The molecule has 6 nitrogen and oxygen atoms in total. The fourth-order valence-electron chi connectivity index (χ4n) is 2.86. The van der Waals surface area contributed by atoms with Gasteiger partial charge in [0.1, 0.15) is 5.52 Å². The maximum Gasteiger partial charge on any atom is 0.365 e. The Bertz CT molecular complexity index is 1250. The van der Waals surface area contributed by atoms with E-state index in [1.807, 2.05) is 0 Å². The Morgan fingerprint density at radius 3 is 2.63 bits per heavy atom. The smallest absolute Gasteiger partial charge is 0.365 e. The van der Waals surface area contributed by atoms with E-state index >= 15 is 4.39 Å². The van der Waals surface area contributed by atoms with Gasteiger partial charge in [-0.2, -0.15) is 0 Å². The van der Waals surface area contributed by atoms with Crippen molar-refractivity contribution >= 4 is 44.2 Å². The Labute approximate surface area is 178 Å². The van der Waals surface area contributed by atoms with Gasteiger partial charge in [0.05, 0.1) is 29.0 Å². The third-order valence-corrected chi connectivity index (χ3v) is 5.09. The van der Waals surface area contributed by atoms with E-state index in [4.69, 9.17) is 9.57 Å². The summed E-state index contributed by atoms with van der Waals surface area (Å²) in [7, 11) is 1.36. The summed E-state index contributed by atoms with van der Waals surface area (Å²) < 4.78 is 33.8. The molecule has 0 fully saturated rings. The summed E-state index contributed by atoms with van der Waals surface area (Å²) >= 11 is 3.21. The molecule has 0 saturated heterocycles. The Hall–Kier alpha value is -3.46. The van der Waals surface area contributed by atoms with Crippen molar-refractivity contribution in [2.24, 2.45) is 0 Å². The molecule has 0 atom stereocenters. The van der Waals surface area contributed by atoms with Crippen LogP contribution in [-0.4, -0.2) is 23.0 Å². The van der Waals surface area contributed by atoms with Gasteiger partial charge < -0.3 is 14.9 Å². The number of hydrogen-bond donors (Lipinski definition) is 1. The molecule has 0 spiro atoms. The number of aromatic nitrogens is 2. The van der Waals surface area contributed by atoms with Crippen LogP contribution in [0.25, 0.3) is 10.9 Å². The predicted octanol–water partition coefficient (Wildman–Crippen LogP) is 5.10. The van der Waals surface area contributed by atoms with Crippen LogP contribution in [0.5, 0.6) is 5.75 Å². The van der Waals surface area contributed by atoms with Crippen LogP contribution >= 0.6 is 15.9 Å². The minimum absolute atomic E-state index is 0.00612. The highest BCUT2D eigenvalue weighted by Gasteiger charge is 2.19. The summed E-state index contributed by atoms with van der Waals surface area (Å²) in [6.07, 6.45) is 1.37. The molecular formula is C21H14BrF2N3O3. The van der Waals surface area contributed by atoms with Gasteiger partial charge in [-0.25, -0.2) is 13.6 Å². The molecule has 4 aromatic rings. The van der Waals surface area contributed by atoms with E-state index in [-0.39, 0.29) is 15.7 Å². The van der Waals surface area contributed by atoms with Gasteiger partial charge >= 0.3 is 5.97 Å². The molecule has 9 heteroatoms. The summed E-state index contributed by atoms with van der Waals surface area (Å²) in [4.78, 5) is 18.3. The topological polar surface area (TPSA) is 65.4 Å². The number of halogens is 3. The molecule has 1 aromatic heterocycles. The number of nitrogens with zero attached hydrogens (tertiary/aromatic N) is 2. The van der Waals surface area contributed by atoms with Crippen LogP contribution < -0.4 is 14.9 Å². The second-order valence-corrected chi connectivity index (χ2v) is 7.02. The van der Waals surface area contributed by atoms with Gasteiger partial charge in [-0.05, 0) is 46.3 Å². The van der Waals surface area contributed by atoms with E-state index in [1.165, 1.54) is 31.5 Å². The molecule has 0 aliphatic rings. The van der Waals surface area contributed by atoms with Crippen LogP contribution in [0.1, 0.15) is 10.4 Å². The summed E-state index contributed by atoms with van der Waals surface area (Å²) in [6.45, 7) is 0. The number of fused-ring (bicyclic) bond motifs is 1. The fraction of sp³-hybridized carbons (Fsp3) is 0.0476. The van der Waals surface area contributed by atoms with Crippen molar-refractivity contribution in [2.75, 3.05) is 12.4 Å². The van der Waals surface area contributed by atoms with Crippen molar-refractivity contribution in [3.05, 3.63) is 82.5 Å². The highest BCUT2D eigenvalue weighted by molar-refractivity contribution is 9.10. The summed E-state index contributed by atoms with van der Waals surface area (Å²) in [6, 6.07) is 14.1. The molecule has 30 heavy (non-hydrogen) atoms. The number of nitrogens with one attached hydrogen (secondary N) is 1. The van der Waals surface area contributed by atoms with E-state index in [0.717, 1.165) is 4.85 Å². The van der Waals surface area contributed by atoms with Crippen molar-refractivity contribution in [1.82, 2.24) is 9.94 Å². The number of carbonyl (C=O) groups is 1. The molecular weight excluding hydrogens is 460 g/mol. The van der Waals surface area contributed by atoms with E-state index < -0.39 is 17.6 Å². The van der Waals surface area contributed by atoms with Crippen molar-refractivity contribution in [3.63, 3.8) is 0 Å². The zero-order valence-corrected chi connectivity index (χ0v) is 17.1. The number of methoxy groups -OCH3 is 1. The zero-order valence-electron chi connectivity index (χ0n) is 15.5. The second-order valence-electron chi connectivity index (χ2n) is 6.23. The maximum atomic E-state index is 15.1. The van der Waals surface area contributed by atoms with Gasteiger partial charge in [0.2, 0.25) is 0 Å². The molecule has 0 radical (unpaired) electrons. The number of anilines is 2. The van der Waals surface area contributed by atoms with Gasteiger partial charge in [0.15, 0.2) is 17.4 Å². The molecule has 152 valence electrons. The highest BCUT2D eigenvalue weighted by Crippen LogP contribution is 2.35. The van der Waals surface area contributed by atoms with Gasteiger partial charge in [-0.3, -0.25) is 0 Å². The normalized spacial score (nSPS) is 10.8. The van der Waals surface area contributed by atoms with Gasteiger partial charge in [0.25, 0.3) is 0 Å². The molecule has 3 aromatic carbocycles. The van der Waals surface area contributed by atoms with Crippen LogP contribution in [0.2, 0.25) is 0 Å². The molecule has 0 aliphatic carbocycles. The van der Waals surface area contributed by atoms with Crippen LogP contribution in [0.15, 0.2) is 65.3 Å². The van der Waals surface area contributed by atoms with E-state index in [2.05, 4.69) is 26.3 Å². The number of ether oxygens (including phenoxy) is 1. The summed E-state index contributed by atoms with van der Waals surface area (Å²) in [5.41, 5.74) is 1.18. The third-order valence-electron chi connectivity index (χ3n) is 4.31. The molecule has 0 unspecified atom stereocenters. The SMILES string of the molecule is COc1cc(Nc2cc3cnn(OC(=O)c4ccccc4)c3c(F)c2Br)ccc1F. The van der Waals surface area contributed by atoms with Crippen LogP contribution in [0, 0.1) is 11.6 Å². The first-order chi connectivity index (χ1) is 14.5. The lowest BCUT2D eigenvalue weighted by Gasteiger charge is -2.12. The Kier molecular flexibility index (Phi) is 5.37. The van der Waals surface area contributed by atoms with Gasteiger partial charge in [0, 0.05) is 17.1 Å². The van der Waals surface area contributed by atoms with Crippen LogP contribution in [0.4, 0.5) is 20.2 Å². The lowest BCUT2D eigenvalue weighted by Crippen LogP contribution is -2.21. The minimum Gasteiger partial charge on any atom is -0.494 e. The highest BCUT2D eigenvalue weighted by atomic mass is 79.9. The molecule has 0 bridgehead atoms. The minimum atomic E-state index is -0.678. The first-order valence-electron chi connectivity index (χ1n) is 8.72. The number of hydrogen-bond acceptors (Lipinski definition) is 5. The predicted molar refractivity (Wildman–Crippen MR) is 111 cm³/mol. The average Bonchev–Trinajstić information content (AvgIpc) is 3.16. The second kappa shape index (κ2) is 8.11. The quantitative estimate of drug-likeness (QED) is 0.436. The lowest BCUT2D eigenvalue weighted by molar-refractivity contribution is 0.0417. The average molecular weight is 474 g/mol. The molecule has 1 heterocycles. The standard InChI is InChI=1S/C21H14BrF2N3O3/c1-29-17-10-14(7-8-15(17)23)26-16-9-13-11-25-27(20(13)19(24)18(16)22)30-21(28)12-5-3-2-4-6-12/h2-11,26H,1H3. The summed E-state index contributed by atoms with van der Waals surface area (Å²) in [5.74, 6) is -1.80. The lowest BCUT2D eigenvalue weighted by atomic mass is 10.2. The van der Waals surface area contributed by atoms with E-state index in [1.54, 1.807) is 36.4 Å². The fourth-order valence-corrected chi connectivity index (χ4v) is 3.26. The van der Waals surface area contributed by atoms with Crippen molar-refractivity contribution < 1.29 is 23.1 Å². The van der Waals surface area contributed by atoms with Crippen molar-refractivity contribution in [2.45, 2.75) is 0 Å². The molecule has 1 N–H and O–H groups in total. The molecule has 0 aliphatic heterocycles. The number of carbonyl (C=O) groups excluding carboxylic acids is 1. The first-order valence-corrected chi connectivity index (χ1v) is 9.51. The van der Waals surface area contributed by atoms with Crippen LogP contribution in [0.3, 0.4) is 0 Å². The van der Waals surface area contributed by atoms with E-state index in [9.17, 15) is 9.18 Å². The first kappa shape index (κ1) is 19.8. The maximum absolute atomic E-state index is 15.1. The molecule has 4 rings (SSSR count). The summed E-state index contributed by atoms with van der Waals surface area (Å²) in [5, 5.41) is 7.37. The number of benzene rings is 3. The Morgan fingerprint density at radius 2 is 1.90 bits per heavy atom. The largest absolute Gasteiger partial charge is 0.494 e. The molecule has 0 amide bonds. The molecule has 0 saturated carbocycles. The third kappa shape index (κ3) is 3.71. The Morgan fingerprint density at radius 1 is 1.13 bits per heavy atom. The number of rotatable bonds is 5. The zero-order chi connectivity index (χ0) is 21.3. The van der Waals surface area contributed by atoms with Gasteiger partial charge in [-0.15, -0.1) is 5.10 Å². The van der Waals surface area contributed by atoms with Crippen molar-refractivity contribution in [3.8, 4) is 5.75 Å². The monoisotopic (exact) mass is 473 g/mol. The van der Waals surface area contributed by atoms with Gasteiger partial charge in [-0.1, -0.05) is 23.0 Å². The van der Waals surface area contributed by atoms with Crippen LogP contribution in [-0.2, 0) is 0 Å². The van der Waals surface area contributed by atoms with Crippen molar-refractivity contribution in [1.29, 1.82) is 0 Å². The Balaban J connectivity index is 1.67. The van der Waals surface area contributed by atoms with E-state index in [0.29, 0.717) is 22.3 Å².